The van der Waals surface area contributed by atoms with Crippen molar-refractivity contribution in [1.29, 1.82) is 0 Å². The van der Waals surface area contributed by atoms with Crippen LogP contribution in [0.1, 0.15) is 382 Å². The second kappa shape index (κ2) is 65.7. The summed E-state index contributed by atoms with van der Waals surface area (Å²) in [6, 6.07) is 0. The summed E-state index contributed by atoms with van der Waals surface area (Å²) in [5.41, 5.74) is 0. The van der Waals surface area contributed by atoms with Crippen molar-refractivity contribution >= 4 is 39.5 Å². The fourth-order valence-corrected chi connectivity index (χ4v) is 13.0. The monoisotopic (exact) mass is 1380 g/mol. The van der Waals surface area contributed by atoms with Crippen LogP contribution in [0.25, 0.3) is 0 Å². The molecule has 0 aromatic heterocycles. The highest BCUT2D eigenvalue weighted by Crippen LogP contribution is 2.45. The lowest BCUT2D eigenvalue weighted by Gasteiger charge is -2.21. The molecule has 2 unspecified atom stereocenters. The molecule has 0 saturated heterocycles. The van der Waals surface area contributed by atoms with E-state index < -0.39 is 97.5 Å². The Bertz CT molecular complexity index is 1840. The van der Waals surface area contributed by atoms with Gasteiger partial charge in [-0.15, -0.1) is 0 Å². The Morgan fingerprint density at radius 2 is 0.489 bits per heavy atom. The molecule has 0 radical (unpaired) electrons. The molecule has 0 aromatic carbocycles. The van der Waals surface area contributed by atoms with E-state index in [2.05, 4.69) is 48.5 Å². The van der Waals surface area contributed by atoms with Gasteiger partial charge in [0.15, 0.2) is 12.2 Å². The molecule has 0 aromatic rings. The van der Waals surface area contributed by atoms with Gasteiger partial charge in [0.2, 0.25) is 0 Å². The first kappa shape index (κ1) is 92.1. The van der Waals surface area contributed by atoms with Gasteiger partial charge in [0, 0.05) is 25.7 Å². The van der Waals surface area contributed by atoms with E-state index in [1.165, 1.54) is 186 Å². The average molecular weight is 1380 g/mol. The van der Waals surface area contributed by atoms with Gasteiger partial charge in [-0.1, -0.05) is 331 Å². The summed E-state index contributed by atoms with van der Waals surface area (Å²) in [5.74, 6) is 0.0735. The molecular formula is C75H146O17P2. The van der Waals surface area contributed by atoms with E-state index in [0.29, 0.717) is 37.5 Å². The van der Waals surface area contributed by atoms with Crippen LogP contribution >= 0.6 is 15.6 Å². The third-order valence-corrected chi connectivity index (χ3v) is 19.3. The van der Waals surface area contributed by atoms with Crippen LogP contribution in [0, 0.1) is 17.8 Å². The number of phosphoric acid groups is 2. The maximum Gasteiger partial charge on any atom is 0.472 e. The van der Waals surface area contributed by atoms with E-state index in [-0.39, 0.29) is 25.7 Å². The molecule has 558 valence electrons. The van der Waals surface area contributed by atoms with Crippen LogP contribution in [-0.4, -0.2) is 96.7 Å². The summed E-state index contributed by atoms with van der Waals surface area (Å²) in [7, 11) is -9.91. The van der Waals surface area contributed by atoms with E-state index in [1.54, 1.807) is 0 Å². The highest BCUT2D eigenvalue weighted by Gasteiger charge is 2.30. The van der Waals surface area contributed by atoms with Crippen LogP contribution in [-0.2, 0) is 65.4 Å². The Labute approximate surface area is 575 Å². The molecule has 0 rings (SSSR count). The fourth-order valence-electron chi connectivity index (χ4n) is 11.4. The average Bonchev–Trinajstić information content (AvgIpc) is 1.69. The number of carbonyl (C=O) groups excluding carboxylic acids is 4. The van der Waals surface area contributed by atoms with Crippen LogP contribution in [0.3, 0.4) is 0 Å². The molecule has 0 spiro atoms. The number of hydrogen-bond acceptors (Lipinski definition) is 15. The summed E-state index contributed by atoms with van der Waals surface area (Å²) < 4.78 is 68.4. The summed E-state index contributed by atoms with van der Waals surface area (Å²) in [5, 5.41) is 10.6. The minimum absolute atomic E-state index is 0.103. The van der Waals surface area contributed by atoms with Gasteiger partial charge in [-0.2, -0.15) is 0 Å². The lowest BCUT2D eigenvalue weighted by atomic mass is 10.0. The summed E-state index contributed by atoms with van der Waals surface area (Å²) in [4.78, 5) is 72.7. The van der Waals surface area contributed by atoms with Gasteiger partial charge in [-0.3, -0.25) is 37.3 Å². The third-order valence-electron chi connectivity index (χ3n) is 17.4. The van der Waals surface area contributed by atoms with Gasteiger partial charge in [0.1, 0.15) is 19.3 Å². The maximum absolute atomic E-state index is 13.1. The molecule has 17 nitrogen and oxygen atoms in total. The molecule has 3 N–H and O–H groups in total. The number of hydrogen-bond donors (Lipinski definition) is 3. The van der Waals surface area contributed by atoms with Crippen LogP contribution in [0.2, 0.25) is 0 Å². The number of ether oxygens (including phenoxy) is 4. The molecule has 0 fully saturated rings. The topological polar surface area (TPSA) is 237 Å². The quantitative estimate of drug-likeness (QED) is 0.0222. The first-order chi connectivity index (χ1) is 45.2. The zero-order valence-electron chi connectivity index (χ0n) is 61.4. The third kappa shape index (κ3) is 68.6. The van der Waals surface area contributed by atoms with Gasteiger partial charge >= 0.3 is 39.5 Å². The lowest BCUT2D eigenvalue weighted by molar-refractivity contribution is -0.161. The molecule has 0 aliphatic heterocycles. The highest BCUT2D eigenvalue weighted by atomic mass is 31.2. The number of carbonyl (C=O) groups is 4. The number of unbranched alkanes of at least 4 members (excludes halogenated alkanes) is 41. The molecule has 0 saturated carbocycles. The van der Waals surface area contributed by atoms with Crippen LogP contribution in [0.5, 0.6) is 0 Å². The van der Waals surface area contributed by atoms with Crippen LogP contribution in [0.15, 0.2) is 0 Å². The van der Waals surface area contributed by atoms with E-state index >= 15 is 0 Å². The summed E-state index contributed by atoms with van der Waals surface area (Å²) in [6.07, 6.45) is 51.6. The molecule has 5 atom stereocenters. The Hall–Kier alpha value is -1.94. The molecule has 19 heteroatoms. The standard InChI is InChI=1S/C75H146O17P2/c1-8-9-10-11-12-13-14-15-16-17-18-22-25-28-35-42-49-56-72(77)85-62-70(91-74(79)58-51-44-36-29-26-23-20-19-21-24-27-32-39-46-53-66(2)3)64-89-93(81,82)87-60-69(76)61-88-94(83,84)90-65-71(92-75(80)59-52-45-38-31-34-41-48-55-68(6)7)63-86-73(78)57-50-43-37-30-33-40-47-54-67(4)5/h66-71,76H,8-65H2,1-7H3,(H,81,82)(H,83,84)/t69-,70-,71-/m1/s1. The van der Waals surface area contributed by atoms with Crippen molar-refractivity contribution in [2.75, 3.05) is 39.6 Å². The van der Waals surface area contributed by atoms with E-state index in [4.69, 9.17) is 37.0 Å². The van der Waals surface area contributed by atoms with Gasteiger partial charge in [0.05, 0.1) is 26.4 Å². The lowest BCUT2D eigenvalue weighted by Crippen LogP contribution is -2.30. The van der Waals surface area contributed by atoms with Crippen LogP contribution < -0.4 is 0 Å². The minimum Gasteiger partial charge on any atom is -0.462 e. The van der Waals surface area contributed by atoms with E-state index in [0.717, 1.165) is 102 Å². The van der Waals surface area contributed by atoms with Crippen molar-refractivity contribution in [1.82, 2.24) is 0 Å². The molecule has 0 aliphatic carbocycles. The predicted molar refractivity (Wildman–Crippen MR) is 381 cm³/mol. The van der Waals surface area contributed by atoms with E-state index in [1.807, 2.05) is 0 Å². The second-order valence-electron chi connectivity index (χ2n) is 28.5. The fraction of sp³-hybridized carbons (Fsp3) is 0.947. The van der Waals surface area contributed by atoms with Gasteiger partial charge in [0.25, 0.3) is 0 Å². The Morgan fingerprint density at radius 1 is 0.287 bits per heavy atom. The predicted octanol–water partition coefficient (Wildman–Crippen LogP) is 21.8. The molecular weight excluding hydrogens is 1230 g/mol. The Balaban J connectivity index is 5.22. The van der Waals surface area contributed by atoms with Crippen molar-refractivity contribution in [3.8, 4) is 0 Å². The highest BCUT2D eigenvalue weighted by molar-refractivity contribution is 7.47. The number of esters is 4. The van der Waals surface area contributed by atoms with Gasteiger partial charge < -0.3 is 33.8 Å². The second-order valence-corrected chi connectivity index (χ2v) is 31.4. The number of rotatable bonds is 73. The zero-order valence-corrected chi connectivity index (χ0v) is 63.2. The minimum atomic E-state index is -4.96. The molecule has 94 heavy (non-hydrogen) atoms. The first-order valence-corrected chi connectivity index (χ1v) is 41.8. The van der Waals surface area contributed by atoms with Gasteiger partial charge in [-0.25, -0.2) is 9.13 Å². The van der Waals surface area contributed by atoms with Crippen molar-refractivity contribution in [2.45, 2.75) is 401 Å². The molecule has 0 aliphatic rings. The van der Waals surface area contributed by atoms with Crippen molar-refractivity contribution in [3.05, 3.63) is 0 Å². The summed E-state index contributed by atoms with van der Waals surface area (Å²) in [6.45, 7) is 11.8. The van der Waals surface area contributed by atoms with Crippen LogP contribution in [0.4, 0.5) is 0 Å². The smallest absolute Gasteiger partial charge is 0.462 e. The van der Waals surface area contributed by atoms with Crippen molar-refractivity contribution in [3.63, 3.8) is 0 Å². The maximum atomic E-state index is 13.1. The number of phosphoric ester groups is 2. The molecule has 0 bridgehead atoms. The Morgan fingerprint density at radius 3 is 0.723 bits per heavy atom. The summed E-state index contributed by atoms with van der Waals surface area (Å²) >= 11 is 0. The van der Waals surface area contributed by atoms with E-state index in [9.17, 15) is 43.2 Å². The number of aliphatic hydroxyl groups is 1. The first-order valence-electron chi connectivity index (χ1n) is 38.8. The SMILES string of the molecule is CCCCCCCCCCCCCCCCCCCC(=O)OC[C@H](COP(=O)(O)OC[C@@H](O)COP(=O)(O)OC[C@@H](COC(=O)CCCCCCCCCC(C)C)OC(=O)CCCCCCCCCC(C)C)OC(=O)CCCCCCCCCCCCCCCCC(C)C. The van der Waals surface area contributed by atoms with Crippen molar-refractivity contribution in [2.24, 2.45) is 17.8 Å². The van der Waals surface area contributed by atoms with Crippen molar-refractivity contribution < 1.29 is 80.2 Å². The molecule has 0 amide bonds. The Kier molecular flexibility index (Phi) is 64.3. The van der Waals surface area contributed by atoms with Gasteiger partial charge in [-0.05, 0) is 43.4 Å². The zero-order chi connectivity index (χ0) is 69.4. The normalized spacial score (nSPS) is 14.1. The largest absolute Gasteiger partial charge is 0.472 e. The number of aliphatic hydroxyl groups excluding tert-OH is 1. The molecule has 0 heterocycles.